The molecule has 0 heterocycles. The highest BCUT2D eigenvalue weighted by Crippen LogP contribution is 2.11. The summed E-state index contributed by atoms with van der Waals surface area (Å²) in [6, 6.07) is 0. The van der Waals surface area contributed by atoms with Gasteiger partial charge in [-0.15, -0.1) is 11.6 Å². The molecular formula is C11H19ClO2. The second-order valence-corrected chi connectivity index (χ2v) is 3.89. The van der Waals surface area contributed by atoms with Gasteiger partial charge in [0.15, 0.2) is 0 Å². The first-order chi connectivity index (χ1) is 6.68. The number of rotatable bonds is 8. The van der Waals surface area contributed by atoms with Crippen LogP contribution in [0.2, 0.25) is 0 Å². The summed E-state index contributed by atoms with van der Waals surface area (Å²) < 4.78 is 0. The van der Waals surface area contributed by atoms with Crippen LogP contribution in [0.25, 0.3) is 0 Å². The number of alkyl halides is 1. The summed E-state index contributed by atoms with van der Waals surface area (Å²) in [6.07, 6.45) is 10.3. The van der Waals surface area contributed by atoms with Gasteiger partial charge in [-0.3, -0.25) is 4.79 Å². The number of unbranched alkanes of at least 4 members (excludes halogenated alkanes) is 4. The molecule has 0 saturated carbocycles. The van der Waals surface area contributed by atoms with Crippen LogP contribution >= 0.6 is 11.6 Å². The molecule has 14 heavy (non-hydrogen) atoms. The molecule has 0 fully saturated rings. The van der Waals surface area contributed by atoms with Gasteiger partial charge in [0.05, 0.1) is 0 Å². The zero-order valence-electron chi connectivity index (χ0n) is 8.71. The largest absolute Gasteiger partial charge is 0.480 e. The third-order valence-electron chi connectivity index (χ3n) is 2.08. The predicted molar refractivity (Wildman–Crippen MR) is 59.8 cm³/mol. The molecule has 0 aliphatic carbocycles. The van der Waals surface area contributed by atoms with E-state index in [1.165, 1.54) is 6.42 Å². The smallest absolute Gasteiger partial charge is 0.321 e. The number of carboxylic acid groups (broad SMARTS) is 1. The molecule has 82 valence electrons. The average molecular weight is 219 g/mol. The first-order valence-corrected chi connectivity index (χ1v) is 5.60. The molecule has 1 unspecified atom stereocenters. The Morgan fingerprint density at radius 2 is 2.00 bits per heavy atom. The van der Waals surface area contributed by atoms with E-state index in [-0.39, 0.29) is 0 Å². The molecule has 0 spiro atoms. The molecule has 0 saturated heterocycles. The lowest BCUT2D eigenvalue weighted by molar-refractivity contribution is -0.136. The third kappa shape index (κ3) is 8.11. The number of hydrogen-bond acceptors (Lipinski definition) is 1. The minimum absolute atomic E-state index is 0.584. The first kappa shape index (κ1) is 13.5. The summed E-state index contributed by atoms with van der Waals surface area (Å²) in [6.45, 7) is 2.02. The Kier molecular flexibility index (Phi) is 8.75. The number of allylic oxidation sites excluding steroid dienone is 2. The van der Waals surface area contributed by atoms with Crippen LogP contribution in [0.4, 0.5) is 0 Å². The summed E-state index contributed by atoms with van der Waals surface area (Å²) in [5.74, 6) is -0.902. The van der Waals surface area contributed by atoms with Crippen molar-refractivity contribution in [1.82, 2.24) is 0 Å². The van der Waals surface area contributed by atoms with E-state index < -0.39 is 11.3 Å². The Morgan fingerprint density at radius 1 is 1.36 bits per heavy atom. The van der Waals surface area contributed by atoms with Crippen LogP contribution in [-0.2, 0) is 4.79 Å². The standard InChI is InChI=1S/C11H19ClO2/c1-2-3-4-5-6-7-8-9-10(12)11(13)14/h2-3,10H,4-9H2,1H3,(H,13,14)/b3-2+. The van der Waals surface area contributed by atoms with Crippen LogP contribution < -0.4 is 0 Å². The Bertz CT molecular complexity index is 178. The molecule has 1 atom stereocenters. The molecule has 0 aromatic heterocycles. The van der Waals surface area contributed by atoms with Crippen molar-refractivity contribution >= 4 is 17.6 Å². The third-order valence-corrected chi connectivity index (χ3v) is 2.49. The molecular weight excluding hydrogens is 200 g/mol. The maximum Gasteiger partial charge on any atom is 0.321 e. The number of halogens is 1. The van der Waals surface area contributed by atoms with E-state index in [4.69, 9.17) is 16.7 Å². The van der Waals surface area contributed by atoms with Crippen molar-refractivity contribution in [1.29, 1.82) is 0 Å². The van der Waals surface area contributed by atoms with Crippen molar-refractivity contribution in [3.05, 3.63) is 12.2 Å². The highest BCUT2D eigenvalue weighted by molar-refractivity contribution is 6.29. The molecule has 0 aromatic carbocycles. The van der Waals surface area contributed by atoms with Crippen LogP contribution in [0.15, 0.2) is 12.2 Å². The summed E-state index contributed by atoms with van der Waals surface area (Å²) in [4.78, 5) is 10.4. The molecule has 0 aliphatic rings. The maximum absolute atomic E-state index is 10.4. The maximum atomic E-state index is 10.4. The van der Waals surface area contributed by atoms with Crippen LogP contribution in [0, 0.1) is 0 Å². The van der Waals surface area contributed by atoms with Gasteiger partial charge in [-0.2, -0.15) is 0 Å². The molecule has 2 nitrogen and oxygen atoms in total. The lowest BCUT2D eigenvalue weighted by Gasteiger charge is -2.03. The van der Waals surface area contributed by atoms with Gasteiger partial charge in [0.25, 0.3) is 0 Å². The second kappa shape index (κ2) is 9.07. The Hall–Kier alpha value is -0.500. The zero-order valence-corrected chi connectivity index (χ0v) is 9.46. The van der Waals surface area contributed by atoms with Crippen molar-refractivity contribution in [3.8, 4) is 0 Å². The predicted octanol–water partition coefficient (Wildman–Crippen LogP) is 3.60. The van der Waals surface area contributed by atoms with Gasteiger partial charge in [0, 0.05) is 0 Å². The number of carboxylic acids is 1. The first-order valence-electron chi connectivity index (χ1n) is 5.16. The molecule has 0 aliphatic heterocycles. The quantitative estimate of drug-likeness (QED) is 0.384. The number of hydrogen-bond donors (Lipinski definition) is 1. The summed E-state index contributed by atoms with van der Waals surface area (Å²) >= 11 is 5.57. The molecule has 0 amide bonds. The molecule has 0 bridgehead atoms. The van der Waals surface area contributed by atoms with Crippen LogP contribution in [0.1, 0.15) is 45.4 Å². The van der Waals surface area contributed by atoms with Crippen LogP contribution in [0.5, 0.6) is 0 Å². The fourth-order valence-electron chi connectivity index (χ4n) is 1.23. The van der Waals surface area contributed by atoms with Gasteiger partial charge in [0.2, 0.25) is 0 Å². The summed E-state index contributed by atoms with van der Waals surface area (Å²) in [5, 5.41) is 7.81. The summed E-state index contributed by atoms with van der Waals surface area (Å²) in [5.41, 5.74) is 0. The zero-order chi connectivity index (χ0) is 10.8. The van der Waals surface area contributed by atoms with Crippen molar-refractivity contribution in [2.24, 2.45) is 0 Å². The van der Waals surface area contributed by atoms with E-state index in [1.807, 2.05) is 6.92 Å². The number of carbonyl (C=O) groups is 1. The van der Waals surface area contributed by atoms with Crippen molar-refractivity contribution in [3.63, 3.8) is 0 Å². The van der Waals surface area contributed by atoms with Gasteiger partial charge in [-0.1, -0.05) is 31.4 Å². The van der Waals surface area contributed by atoms with Crippen LogP contribution in [-0.4, -0.2) is 16.5 Å². The lowest BCUT2D eigenvalue weighted by atomic mass is 10.1. The van der Waals surface area contributed by atoms with Gasteiger partial charge in [-0.25, -0.2) is 0 Å². The topological polar surface area (TPSA) is 37.3 Å². The van der Waals surface area contributed by atoms with Crippen molar-refractivity contribution < 1.29 is 9.90 Å². The van der Waals surface area contributed by atoms with Gasteiger partial charge < -0.3 is 5.11 Å². The van der Waals surface area contributed by atoms with Crippen LogP contribution in [0.3, 0.4) is 0 Å². The molecule has 0 aromatic rings. The average Bonchev–Trinajstić information content (AvgIpc) is 2.16. The van der Waals surface area contributed by atoms with Gasteiger partial charge >= 0.3 is 5.97 Å². The van der Waals surface area contributed by atoms with Gasteiger partial charge in [0.1, 0.15) is 5.38 Å². The highest BCUT2D eigenvalue weighted by atomic mass is 35.5. The van der Waals surface area contributed by atoms with Crippen molar-refractivity contribution in [2.75, 3.05) is 0 Å². The normalized spacial score (nSPS) is 13.3. The molecule has 0 rings (SSSR count). The molecule has 0 radical (unpaired) electrons. The van der Waals surface area contributed by atoms with E-state index in [0.717, 1.165) is 25.7 Å². The SMILES string of the molecule is C/C=C/CCCCCCC(Cl)C(=O)O. The van der Waals surface area contributed by atoms with E-state index in [0.29, 0.717) is 6.42 Å². The lowest BCUT2D eigenvalue weighted by Crippen LogP contribution is -2.12. The fourth-order valence-corrected chi connectivity index (χ4v) is 1.38. The number of aliphatic carboxylic acids is 1. The summed E-state index contributed by atoms with van der Waals surface area (Å²) in [7, 11) is 0. The highest BCUT2D eigenvalue weighted by Gasteiger charge is 2.11. The molecule has 1 N–H and O–H groups in total. The second-order valence-electron chi connectivity index (χ2n) is 3.37. The van der Waals surface area contributed by atoms with E-state index >= 15 is 0 Å². The minimum atomic E-state index is -0.902. The van der Waals surface area contributed by atoms with E-state index in [9.17, 15) is 4.79 Å². The minimum Gasteiger partial charge on any atom is -0.480 e. The Balaban J connectivity index is 3.17. The monoisotopic (exact) mass is 218 g/mol. The van der Waals surface area contributed by atoms with E-state index in [1.54, 1.807) is 0 Å². The van der Waals surface area contributed by atoms with E-state index in [2.05, 4.69) is 12.2 Å². The Labute approximate surface area is 91.0 Å². The van der Waals surface area contributed by atoms with Gasteiger partial charge in [-0.05, 0) is 26.2 Å². The Morgan fingerprint density at radius 3 is 2.57 bits per heavy atom. The fraction of sp³-hybridized carbons (Fsp3) is 0.727. The molecule has 3 heteroatoms. The van der Waals surface area contributed by atoms with Crippen molar-refractivity contribution in [2.45, 2.75) is 50.8 Å².